The Kier molecular flexibility index (Phi) is 7.25. The largest absolute Gasteiger partial charge is 0.495 e. The minimum atomic E-state index is -3.79. The van der Waals surface area contributed by atoms with Crippen LogP contribution in [0.2, 0.25) is 5.02 Å². The number of anilines is 1. The molecular formula is C23H29ClN2O5S. The van der Waals surface area contributed by atoms with Crippen LogP contribution in [0, 0.1) is 0 Å². The van der Waals surface area contributed by atoms with Gasteiger partial charge in [-0.15, -0.1) is 0 Å². The highest BCUT2D eigenvalue weighted by molar-refractivity contribution is 7.92. The number of fused-ring (bicyclic) bond motifs is 1. The quantitative estimate of drug-likeness (QED) is 0.608. The summed E-state index contributed by atoms with van der Waals surface area (Å²) in [5.41, 5.74) is 0.699. The number of nitrogens with one attached hydrogen (secondary N) is 1. The van der Waals surface area contributed by atoms with Gasteiger partial charge >= 0.3 is 0 Å². The van der Waals surface area contributed by atoms with Gasteiger partial charge in [0.25, 0.3) is 0 Å². The second-order valence-electron chi connectivity index (χ2n) is 7.94. The monoisotopic (exact) mass is 480 g/mol. The zero-order valence-corrected chi connectivity index (χ0v) is 20.3. The van der Waals surface area contributed by atoms with Gasteiger partial charge in [0.15, 0.2) is 0 Å². The molecule has 1 N–H and O–H groups in total. The molecule has 7 nitrogen and oxygen atoms in total. The van der Waals surface area contributed by atoms with Crippen LogP contribution in [0.15, 0.2) is 42.5 Å². The predicted molar refractivity (Wildman–Crippen MR) is 126 cm³/mol. The lowest BCUT2D eigenvalue weighted by molar-refractivity contribution is -0.121. The number of nitrogens with zero attached hydrogens (tertiary/aromatic N) is 1. The number of amides is 1. The van der Waals surface area contributed by atoms with Gasteiger partial charge in [-0.3, -0.25) is 9.10 Å². The Bertz CT molecular complexity index is 1090. The molecule has 0 spiro atoms. The lowest BCUT2D eigenvalue weighted by Gasteiger charge is -2.41. The first-order valence-electron chi connectivity index (χ1n) is 10.5. The average Bonchev–Trinajstić information content (AvgIpc) is 2.76. The molecule has 1 aliphatic rings. The maximum Gasteiger partial charge on any atom is 0.241 e. The highest BCUT2D eigenvalue weighted by Crippen LogP contribution is 2.42. The summed E-state index contributed by atoms with van der Waals surface area (Å²) in [4.78, 5) is 13.1. The van der Waals surface area contributed by atoms with Crippen molar-refractivity contribution in [2.75, 3.05) is 24.2 Å². The topological polar surface area (TPSA) is 84.9 Å². The zero-order valence-electron chi connectivity index (χ0n) is 18.7. The van der Waals surface area contributed by atoms with Gasteiger partial charge in [0.1, 0.15) is 23.6 Å². The van der Waals surface area contributed by atoms with Crippen LogP contribution in [0.25, 0.3) is 0 Å². The van der Waals surface area contributed by atoms with Crippen LogP contribution in [-0.4, -0.2) is 39.8 Å². The standard InChI is InChI=1S/C23H29ClN2O5S/c1-5-23(6-2)14-18(17-9-7-8-10-20(17)31-23)25-22(27)15-26(32(4,28)29)19-13-16(24)11-12-21(19)30-3/h7-13,18H,5-6,14-15H2,1-4H3,(H,25,27)/t18-/m0/s1. The number of halogens is 1. The van der Waals surface area contributed by atoms with Gasteiger partial charge in [0.05, 0.1) is 25.1 Å². The van der Waals surface area contributed by atoms with E-state index in [0.29, 0.717) is 17.2 Å². The van der Waals surface area contributed by atoms with Crippen molar-refractivity contribution in [2.45, 2.75) is 44.8 Å². The average molecular weight is 481 g/mol. The van der Waals surface area contributed by atoms with E-state index in [1.54, 1.807) is 12.1 Å². The molecule has 9 heteroatoms. The molecule has 2 aromatic carbocycles. The first kappa shape index (κ1) is 24.2. The van der Waals surface area contributed by atoms with Gasteiger partial charge in [-0.1, -0.05) is 43.6 Å². The lowest BCUT2D eigenvalue weighted by atomic mass is 9.83. The minimum absolute atomic E-state index is 0.210. The highest BCUT2D eigenvalue weighted by Gasteiger charge is 2.39. The molecule has 1 atom stereocenters. The van der Waals surface area contributed by atoms with Gasteiger partial charge < -0.3 is 14.8 Å². The van der Waals surface area contributed by atoms with E-state index in [4.69, 9.17) is 21.1 Å². The molecule has 0 aromatic heterocycles. The van der Waals surface area contributed by atoms with Crippen LogP contribution in [0.1, 0.15) is 44.7 Å². The normalized spacial score (nSPS) is 17.1. The molecule has 3 rings (SSSR count). The molecular weight excluding hydrogens is 452 g/mol. The number of rotatable bonds is 8. The van der Waals surface area contributed by atoms with Crippen molar-refractivity contribution in [2.24, 2.45) is 0 Å². The molecule has 0 bridgehead atoms. The number of ether oxygens (including phenoxy) is 2. The van der Waals surface area contributed by atoms with Crippen molar-refractivity contribution in [1.82, 2.24) is 5.32 Å². The van der Waals surface area contributed by atoms with Crippen molar-refractivity contribution in [1.29, 1.82) is 0 Å². The number of sulfonamides is 1. The second kappa shape index (κ2) is 9.58. The summed E-state index contributed by atoms with van der Waals surface area (Å²) in [6.07, 6.45) is 3.23. The summed E-state index contributed by atoms with van der Waals surface area (Å²) in [5, 5.41) is 3.36. The fourth-order valence-electron chi connectivity index (χ4n) is 4.04. The summed E-state index contributed by atoms with van der Waals surface area (Å²) in [5.74, 6) is 0.615. The van der Waals surface area contributed by atoms with Crippen LogP contribution in [0.3, 0.4) is 0 Å². The number of methoxy groups -OCH3 is 1. The Morgan fingerprint density at radius 2 is 1.94 bits per heavy atom. The minimum Gasteiger partial charge on any atom is -0.495 e. The fraction of sp³-hybridized carbons (Fsp3) is 0.435. The van der Waals surface area contributed by atoms with Gasteiger partial charge in [-0.2, -0.15) is 0 Å². The van der Waals surface area contributed by atoms with E-state index in [-0.39, 0.29) is 17.3 Å². The molecule has 0 fully saturated rings. The van der Waals surface area contributed by atoms with Gasteiger partial charge in [0.2, 0.25) is 15.9 Å². The van der Waals surface area contributed by atoms with Crippen LogP contribution in [0.4, 0.5) is 5.69 Å². The molecule has 0 aliphatic carbocycles. The van der Waals surface area contributed by atoms with E-state index in [1.807, 2.05) is 24.3 Å². The van der Waals surface area contributed by atoms with E-state index >= 15 is 0 Å². The maximum atomic E-state index is 13.1. The Labute approximate surface area is 194 Å². The summed E-state index contributed by atoms with van der Waals surface area (Å²) in [7, 11) is -2.35. The van der Waals surface area contributed by atoms with Crippen molar-refractivity contribution < 1.29 is 22.7 Å². The van der Waals surface area contributed by atoms with E-state index in [2.05, 4.69) is 19.2 Å². The SMILES string of the molecule is CCC1(CC)C[C@H](NC(=O)CN(c2cc(Cl)ccc2OC)S(C)(=O)=O)c2ccccc2O1. The molecule has 174 valence electrons. The number of carbonyl (C=O) groups is 1. The molecule has 0 saturated carbocycles. The van der Waals surface area contributed by atoms with Crippen molar-refractivity contribution in [3.8, 4) is 11.5 Å². The van der Waals surface area contributed by atoms with Crippen LogP contribution in [0.5, 0.6) is 11.5 Å². The zero-order chi connectivity index (χ0) is 23.5. The van der Waals surface area contributed by atoms with Crippen LogP contribution in [-0.2, 0) is 14.8 Å². The molecule has 32 heavy (non-hydrogen) atoms. The van der Waals surface area contributed by atoms with Crippen molar-refractivity contribution in [3.63, 3.8) is 0 Å². The summed E-state index contributed by atoms with van der Waals surface area (Å²) >= 11 is 6.09. The molecule has 1 aliphatic heterocycles. The molecule has 0 unspecified atom stereocenters. The third kappa shape index (κ3) is 5.13. The van der Waals surface area contributed by atoms with Crippen LogP contribution < -0.4 is 19.1 Å². The summed E-state index contributed by atoms with van der Waals surface area (Å²) < 4.78 is 37.7. The van der Waals surface area contributed by atoms with Crippen molar-refractivity contribution in [3.05, 3.63) is 53.1 Å². The second-order valence-corrected chi connectivity index (χ2v) is 10.3. The molecule has 1 amide bonds. The van der Waals surface area contributed by atoms with E-state index in [1.165, 1.54) is 13.2 Å². The predicted octanol–water partition coefficient (Wildman–Crippen LogP) is 4.31. The van der Waals surface area contributed by atoms with Gasteiger partial charge in [-0.05, 0) is 37.1 Å². The van der Waals surface area contributed by atoms with E-state index < -0.39 is 22.5 Å². The van der Waals surface area contributed by atoms with E-state index in [0.717, 1.165) is 34.7 Å². The molecule has 0 saturated heterocycles. The number of para-hydroxylation sites is 1. The molecule has 2 aromatic rings. The number of hydrogen-bond acceptors (Lipinski definition) is 5. The third-order valence-electron chi connectivity index (χ3n) is 5.92. The smallest absolute Gasteiger partial charge is 0.241 e. The Morgan fingerprint density at radius 1 is 1.25 bits per heavy atom. The number of carbonyl (C=O) groups excluding carboxylic acids is 1. The first-order chi connectivity index (χ1) is 15.1. The van der Waals surface area contributed by atoms with Gasteiger partial charge in [-0.25, -0.2) is 8.42 Å². The first-order valence-corrected chi connectivity index (χ1v) is 12.7. The lowest BCUT2D eigenvalue weighted by Crippen LogP contribution is -2.47. The number of benzene rings is 2. The fourth-order valence-corrected chi connectivity index (χ4v) is 5.06. The summed E-state index contributed by atoms with van der Waals surface area (Å²) in [6, 6.07) is 11.9. The number of hydrogen-bond donors (Lipinski definition) is 1. The van der Waals surface area contributed by atoms with Crippen LogP contribution >= 0.6 is 11.6 Å². The third-order valence-corrected chi connectivity index (χ3v) is 7.28. The Balaban J connectivity index is 1.89. The maximum absolute atomic E-state index is 13.1. The molecule has 0 radical (unpaired) electrons. The summed E-state index contributed by atoms with van der Waals surface area (Å²) in [6.45, 7) is 3.72. The van der Waals surface area contributed by atoms with Gasteiger partial charge in [0, 0.05) is 17.0 Å². The highest BCUT2D eigenvalue weighted by atomic mass is 35.5. The Hall–Kier alpha value is -2.45. The van der Waals surface area contributed by atoms with E-state index in [9.17, 15) is 13.2 Å². The van der Waals surface area contributed by atoms with Crippen molar-refractivity contribution >= 4 is 33.2 Å². The molecule has 1 heterocycles. The Morgan fingerprint density at radius 3 is 2.56 bits per heavy atom.